The number of hydrogen-bond donors (Lipinski definition) is 2. The van der Waals surface area contributed by atoms with Gasteiger partial charge in [-0.15, -0.1) is 6.58 Å². The lowest BCUT2D eigenvalue weighted by Gasteiger charge is -2.39. The summed E-state index contributed by atoms with van der Waals surface area (Å²) < 4.78 is 16.3. The van der Waals surface area contributed by atoms with Crippen LogP contribution in [0.4, 0.5) is 0 Å². The predicted octanol–water partition coefficient (Wildman–Crippen LogP) is 2.59. The molecule has 0 unspecified atom stereocenters. The minimum absolute atomic E-state index is 0.0247. The van der Waals surface area contributed by atoms with E-state index in [0.717, 1.165) is 11.3 Å². The van der Waals surface area contributed by atoms with Gasteiger partial charge in [-0.3, -0.25) is 0 Å². The van der Waals surface area contributed by atoms with E-state index in [4.69, 9.17) is 14.2 Å². The van der Waals surface area contributed by atoms with Gasteiger partial charge in [-0.1, -0.05) is 19.1 Å². The molecule has 1 heterocycles. The van der Waals surface area contributed by atoms with Gasteiger partial charge in [0.2, 0.25) is 6.79 Å². The Hall–Kier alpha value is -1.98. The number of ether oxygens (including phenoxy) is 3. The molecule has 4 rings (SSSR count). The first-order valence-electron chi connectivity index (χ1n) is 8.67. The third-order valence-corrected chi connectivity index (χ3v) is 6.30. The van der Waals surface area contributed by atoms with Crippen molar-refractivity contribution in [3.8, 4) is 11.5 Å². The Kier molecular flexibility index (Phi) is 3.81. The molecule has 25 heavy (non-hydrogen) atoms. The molecule has 2 bridgehead atoms. The van der Waals surface area contributed by atoms with E-state index < -0.39 is 17.6 Å². The zero-order chi connectivity index (χ0) is 17.8. The largest absolute Gasteiger partial charge is 0.499 e. The van der Waals surface area contributed by atoms with Gasteiger partial charge in [0.25, 0.3) is 0 Å². The summed E-state index contributed by atoms with van der Waals surface area (Å²) in [5, 5.41) is 21.9. The molecule has 2 N–H and O–H groups in total. The summed E-state index contributed by atoms with van der Waals surface area (Å²) in [4.78, 5) is 0. The van der Waals surface area contributed by atoms with Crippen molar-refractivity contribution in [1.82, 2.24) is 0 Å². The summed E-state index contributed by atoms with van der Waals surface area (Å²) >= 11 is 0. The molecule has 134 valence electrons. The Labute approximate surface area is 147 Å². The van der Waals surface area contributed by atoms with E-state index in [1.807, 2.05) is 30.4 Å². The number of methoxy groups -OCH3 is 1. The normalized spacial score (nSPS) is 38.4. The van der Waals surface area contributed by atoms with Gasteiger partial charge in [-0.2, -0.15) is 0 Å². The van der Waals surface area contributed by atoms with Crippen LogP contribution in [-0.2, 0) is 4.74 Å². The van der Waals surface area contributed by atoms with Crippen molar-refractivity contribution in [2.45, 2.75) is 31.5 Å². The number of aliphatic hydroxyl groups excluding tert-OH is 2. The molecule has 1 aromatic rings. The highest BCUT2D eigenvalue weighted by Gasteiger charge is 2.62. The number of aliphatic hydroxyl groups is 2. The van der Waals surface area contributed by atoms with Gasteiger partial charge < -0.3 is 24.4 Å². The van der Waals surface area contributed by atoms with Crippen LogP contribution in [0.2, 0.25) is 0 Å². The third kappa shape index (κ3) is 2.15. The molecule has 0 saturated heterocycles. The molecule has 6 atom stereocenters. The molecule has 0 radical (unpaired) electrons. The maximum absolute atomic E-state index is 11.1. The van der Waals surface area contributed by atoms with Crippen molar-refractivity contribution in [1.29, 1.82) is 0 Å². The molecule has 5 heteroatoms. The van der Waals surface area contributed by atoms with Gasteiger partial charge in [0.05, 0.1) is 13.2 Å². The summed E-state index contributed by atoms with van der Waals surface area (Å²) in [5.74, 6) is 1.72. The molecule has 0 amide bonds. The summed E-state index contributed by atoms with van der Waals surface area (Å²) in [5.41, 5.74) is 0.550. The third-order valence-electron chi connectivity index (χ3n) is 6.30. The second-order valence-electron chi connectivity index (χ2n) is 7.25. The van der Waals surface area contributed by atoms with Crippen molar-refractivity contribution in [2.75, 3.05) is 13.9 Å². The molecule has 2 aliphatic carbocycles. The smallest absolute Gasteiger partial charge is 0.231 e. The Bertz CT molecular complexity index is 727. The molecule has 1 fully saturated rings. The van der Waals surface area contributed by atoms with Crippen LogP contribution >= 0.6 is 0 Å². The average molecular weight is 344 g/mol. The lowest BCUT2D eigenvalue weighted by Crippen LogP contribution is -2.44. The van der Waals surface area contributed by atoms with Crippen LogP contribution < -0.4 is 9.47 Å². The van der Waals surface area contributed by atoms with E-state index in [1.54, 1.807) is 7.11 Å². The lowest BCUT2D eigenvalue weighted by atomic mass is 9.70. The van der Waals surface area contributed by atoms with Gasteiger partial charge in [-0.25, -0.2) is 0 Å². The van der Waals surface area contributed by atoms with Gasteiger partial charge >= 0.3 is 0 Å². The molecule has 1 aromatic carbocycles. The maximum Gasteiger partial charge on any atom is 0.231 e. The summed E-state index contributed by atoms with van der Waals surface area (Å²) in [6.45, 7) is 6.22. The highest BCUT2D eigenvalue weighted by atomic mass is 16.7. The average Bonchev–Trinajstić information content (AvgIpc) is 3.13. The zero-order valence-corrected chi connectivity index (χ0v) is 14.5. The lowest BCUT2D eigenvalue weighted by molar-refractivity contribution is -0.0347. The van der Waals surface area contributed by atoms with Crippen LogP contribution in [0.3, 0.4) is 0 Å². The highest BCUT2D eigenvalue weighted by molar-refractivity contribution is 5.47. The van der Waals surface area contributed by atoms with Crippen molar-refractivity contribution >= 4 is 0 Å². The number of allylic oxidation sites excluding steroid dienone is 1. The van der Waals surface area contributed by atoms with Crippen LogP contribution in [0.1, 0.15) is 24.8 Å². The SMILES string of the molecule is C=CC[C@]12C=C(OC)[C@@H](O)[C@H]([C@@H](c3ccc4c(c3)OCO4)[C@@H]1C)[C@@H]2O. The number of fused-ring (bicyclic) bond motifs is 3. The molecular weight excluding hydrogens is 320 g/mol. The Morgan fingerprint density at radius 2 is 2.08 bits per heavy atom. The van der Waals surface area contributed by atoms with Crippen molar-refractivity contribution in [2.24, 2.45) is 17.3 Å². The van der Waals surface area contributed by atoms with Gasteiger partial charge in [0, 0.05) is 11.3 Å². The minimum Gasteiger partial charge on any atom is -0.499 e. The van der Waals surface area contributed by atoms with Crippen molar-refractivity contribution < 1.29 is 24.4 Å². The number of rotatable bonds is 4. The predicted molar refractivity (Wildman–Crippen MR) is 92.3 cm³/mol. The second kappa shape index (κ2) is 5.78. The molecular formula is C20H24O5. The summed E-state index contributed by atoms with van der Waals surface area (Å²) in [6.07, 6.45) is 2.88. The molecule has 1 aliphatic heterocycles. The van der Waals surface area contributed by atoms with Gasteiger partial charge in [0.1, 0.15) is 11.9 Å². The van der Waals surface area contributed by atoms with E-state index >= 15 is 0 Å². The Balaban J connectivity index is 1.81. The zero-order valence-electron chi connectivity index (χ0n) is 14.5. The summed E-state index contributed by atoms with van der Waals surface area (Å²) in [6, 6.07) is 5.87. The number of hydrogen-bond acceptors (Lipinski definition) is 5. The monoisotopic (exact) mass is 344 g/mol. The van der Waals surface area contributed by atoms with E-state index in [9.17, 15) is 10.2 Å². The van der Waals surface area contributed by atoms with Crippen molar-refractivity contribution in [3.63, 3.8) is 0 Å². The fraction of sp³-hybridized carbons (Fsp3) is 0.500. The van der Waals surface area contributed by atoms with Crippen LogP contribution in [-0.4, -0.2) is 36.3 Å². The molecule has 1 saturated carbocycles. The Morgan fingerprint density at radius 1 is 1.32 bits per heavy atom. The minimum atomic E-state index is -0.835. The first kappa shape index (κ1) is 16.5. The van der Waals surface area contributed by atoms with Crippen LogP contribution in [0.25, 0.3) is 0 Å². The molecule has 0 spiro atoms. The molecule has 3 aliphatic rings. The number of benzene rings is 1. The first-order chi connectivity index (χ1) is 12.0. The molecule has 5 nitrogen and oxygen atoms in total. The van der Waals surface area contributed by atoms with E-state index in [0.29, 0.717) is 17.9 Å². The van der Waals surface area contributed by atoms with Crippen LogP contribution in [0.5, 0.6) is 11.5 Å². The van der Waals surface area contributed by atoms with Crippen LogP contribution in [0, 0.1) is 17.3 Å². The second-order valence-corrected chi connectivity index (χ2v) is 7.25. The Morgan fingerprint density at radius 3 is 2.80 bits per heavy atom. The fourth-order valence-corrected chi connectivity index (χ4v) is 5.04. The van der Waals surface area contributed by atoms with E-state index in [2.05, 4.69) is 13.5 Å². The van der Waals surface area contributed by atoms with Gasteiger partial charge in [0.15, 0.2) is 11.5 Å². The quantitative estimate of drug-likeness (QED) is 0.822. The highest BCUT2D eigenvalue weighted by Crippen LogP contribution is 2.62. The van der Waals surface area contributed by atoms with Gasteiger partial charge in [-0.05, 0) is 42.0 Å². The maximum atomic E-state index is 11.1. The van der Waals surface area contributed by atoms with Crippen molar-refractivity contribution in [3.05, 3.63) is 48.3 Å². The first-order valence-corrected chi connectivity index (χ1v) is 8.67. The summed E-state index contributed by atoms with van der Waals surface area (Å²) in [7, 11) is 1.56. The van der Waals surface area contributed by atoms with Crippen LogP contribution in [0.15, 0.2) is 42.7 Å². The standard InChI is InChI=1S/C20H24O5/c1-4-7-20-9-15(23-3)18(21)17(19(20)22)16(11(20)2)12-5-6-13-14(8-12)25-10-24-13/h4-6,8-9,11,16-19,21-22H,1,7,10H2,2-3H3/t11-,16+,17-,18+,19-,20-/m0/s1. The van der Waals surface area contributed by atoms with E-state index in [1.165, 1.54) is 0 Å². The molecule has 0 aromatic heterocycles. The topological polar surface area (TPSA) is 68.2 Å². The fourth-order valence-electron chi connectivity index (χ4n) is 5.04. The van der Waals surface area contributed by atoms with E-state index in [-0.39, 0.29) is 24.5 Å².